The largest absolute Gasteiger partial charge is 0.427 e. The number of carbonyl (C=O) groups excluding carboxylic acids is 1. The summed E-state index contributed by atoms with van der Waals surface area (Å²) in [5.74, 6) is 0.228. The number of nitrogens with zero attached hydrogens (tertiary/aromatic N) is 4. The van der Waals surface area contributed by atoms with E-state index in [0.29, 0.717) is 18.6 Å². The molecular weight excluding hydrogens is 232 g/mol. The van der Waals surface area contributed by atoms with Gasteiger partial charge in [0.25, 0.3) is 0 Å². The van der Waals surface area contributed by atoms with Crippen LogP contribution in [0.5, 0.6) is 5.75 Å². The molecule has 0 aliphatic carbocycles. The number of aromatic nitrogens is 4. The van der Waals surface area contributed by atoms with Crippen LogP contribution >= 0.6 is 0 Å². The summed E-state index contributed by atoms with van der Waals surface area (Å²) >= 11 is 0. The SMILES string of the molecule is C=CCCC(=O)Oc1ccc(-n2cnnn2)cc1. The highest BCUT2D eigenvalue weighted by Gasteiger charge is 2.04. The van der Waals surface area contributed by atoms with Gasteiger partial charge in [-0.15, -0.1) is 11.7 Å². The maximum atomic E-state index is 11.4. The number of ether oxygens (including phenoxy) is 1. The van der Waals surface area contributed by atoms with Crippen LogP contribution in [0.25, 0.3) is 5.69 Å². The number of tetrazole rings is 1. The van der Waals surface area contributed by atoms with Crippen molar-refractivity contribution in [1.82, 2.24) is 20.2 Å². The van der Waals surface area contributed by atoms with Crippen molar-refractivity contribution in [2.24, 2.45) is 0 Å². The van der Waals surface area contributed by atoms with Crippen molar-refractivity contribution in [3.8, 4) is 11.4 Å². The molecule has 0 bridgehead atoms. The predicted molar refractivity (Wildman–Crippen MR) is 64.2 cm³/mol. The quantitative estimate of drug-likeness (QED) is 0.453. The molecule has 6 heteroatoms. The van der Waals surface area contributed by atoms with E-state index in [-0.39, 0.29) is 5.97 Å². The van der Waals surface area contributed by atoms with E-state index in [1.807, 2.05) is 0 Å². The van der Waals surface area contributed by atoms with Crippen molar-refractivity contribution in [2.45, 2.75) is 12.8 Å². The maximum Gasteiger partial charge on any atom is 0.311 e. The summed E-state index contributed by atoms with van der Waals surface area (Å²) in [7, 11) is 0. The highest BCUT2D eigenvalue weighted by Crippen LogP contribution is 2.15. The molecular formula is C12H12N4O2. The predicted octanol–water partition coefficient (Wildman–Crippen LogP) is 1.53. The van der Waals surface area contributed by atoms with E-state index in [4.69, 9.17) is 4.74 Å². The Labute approximate surface area is 104 Å². The second kappa shape index (κ2) is 5.72. The van der Waals surface area contributed by atoms with Crippen molar-refractivity contribution in [3.63, 3.8) is 0 Å². The second-order valence-corrected chi connectivity index (χ2v) is 3.55. The third-order valence-corrected chi connectivity index (χ3v) is 2.23. The number of esters is 1. The van der Waals surface area contributed by atoms with Gasteiger partial charge in [0, 0.05) is 6.42 Å². The number of hydrogen-bond donors (Lipinski definition) is 0. The Morgan fingerprint density at radius 3 is 2.78 bits per heavy atom. The summed E-state index contributed by atoms with van der Waals surface area (Å²) < 4.78 is 6.66. The van der Waals surface area contributed by atoms with Crippen molar-refractivity contribution in [3.05, 3.63) is 43.2 Å². The van der Waals surface area contributed by atoms with Crippen LogP contribution in [0.1, 0.15) is 12.8 Å². The van der Waals surface area contributed by atoms with Gasteiger partial charge in [-0.2, -0.15) is 0 Å². The van der Waals surface area contributed by atoms with Crippen LogP contribution in [0.15, 0.2) is 43.2 Å². The van der Waals surface area contributed by atoms with Gasteiger partial charge in [-0.05, 0) is 41.1 Å². The van der Waals surface area contributed by atoms with E-state index in [0.717, 1.165) is 5.69 Å². The van der Waals surface area contributed by atoms with E-state index >= 15 is 0 Å². The Morgan fingerprint density at radius 2 is 2.17 bits per heavy atom. The van der Waals surface area contributed by atoms with Crippen LogP contribution < -0.4 is 4.74 Å². The Morgan fingerprint density at radius 1 is 1.39 bits per heavy atom. The summed E-state index contributed by atoms with van der Waals surface area (Å²) in [4.78, 5) is 11.4. The normalized spacial score (nSPS) is 10.0. The molecule has 0 unspecified atom stereocenters. The number of hydrogen-bond acceptors (Lipinski definition) is 5. The number of carbonyl (C=O) groups is 1. The molecule has 0 atom stereocenters. The first-order valence-corrected chi connectivity index (χ1v) is 5.44. The summed E-state index contributed by atoms with van der Waals surface area (Å²) in [6.07, 6.45) is 4.12. The highest BCUT2D eigenvalue weighted by molar-refractivity contribution is 5.72. The van der Waals surface area contributed by atoms with Gasteiger partial charge < -0.3 is 4.74 Å². The molecule has 0 radical (unpaired) electrons. The fraction of sp³-hybridized carbons (Fsp3) is 0.167. The standard InChI is InChI=1S/C12H12N4O2/c1-2-3-4-12(17)18-11-7-5-10(6-8-11)16-9-13-14-15-16/h2,5-9H,1,3-4H2. The van der Waals surface area contributed by atoms with Crippen LogP contribution in [-0.4, -0.2) is 26.2 Å². The van der Waals surface area contributed by atoms with Crippen LogP contribution in [0.3, 0.4) is 0 Å². The van der Waals surface area contributed by atoms with Crippen LogP contribution in [0.4, 0.5) is 0 Å². The Kier molecular flexibility index (Phi) is 3.80. The smallest absolute Gasteiger partial charge is 0.311 e. The molecule has 6 nitrogen and oxygen atoms in total. The summed E-state index contributed by atoms with van der Waals surface area (Å²) in [5.41, 5.74) is 0.797. The molecule has 0 amide bonds. The molecule has 1 heterocycles. The Hall–Kier alpha value is -2.50. The van der Waals surface area contributed by atoms with Gasteiger partial charge in [-0.3, -0.25) is 4.79 Å². The number of benzene rings is 1. The summed E-state index contributed by atoms with van der Waals surface area (Å²) in [5, 5.41) is 10.8. The molecule has 2 rings (SSSR count). The van der Waals surface area contributed by atoms with Crippen molar-refractivity contribution >= 4 is 5.97 Å². The lowest BCUT2D eigenvalue weighted by molar-refractivity contribution is -0.134. The summed E-state index contributed by atoms with van der Waals surface area (Å²) in [6, 6.07) is 6.94. The zero-order chi connectivity index (χ0) is 12.8. The first-order chi connectivity index (χ1) is 8.79. The molecule has 0 spiro atoms. The van der Waals surface area contributed by atoms with Gasteiger partial charge in [0.1, 0.15) is 12.1 Å². The number of rotatable bonds is 5. The molecule has 0 fully saturated rings. The first-order valence-electron chi connectivity index (χ1n) is 5.44. The van der Waals surface area contributed by atoms with Gasteiger partial charge in [0.2, 0.25) is 0 Å². The van der Waals surface area contributed by atoms with Gasteiger partial charge in [0.15, 0.2) is 0 Å². The molecule has 0 saturated carbocycles. The van der Waals surface area contributed by atoms with Crippen molar-refractivity contribution < 1.29 is 9.53 Å². The molecule has 0 aliphatic rings. The molecule has 2 aromatic rings. The van der Waals surface area contributed by atoms with Crippen molar-refractivity contribution in [2.75, 3.05) is 0 Å². The van der Waals surface area contributed by atoms with Gasteiger partial charge in [-0.25, -0.2) is 4.68 Å². The summed E-state index contributed by atoms with van der Waals surface area (Å²) in [6.45, 7) is 3.55. The topological polar surface area (TPSA) is 69.9 Å². The lowest BCUT2D eigenvalue weighted by atomic mass is 10.3. The number of allylic oxidation sites excluding steroid dienone is 1. The Bertz CT molecular complexity index is 520. The van der Waals surface area contributed by atoms with E-state index in [9.17, 15) is 4.79 Å². The minimum atomic E-state index is -0.273. The lowest BCUT2D eigenvalue weighted by Gasteiger charge is -2.04. The van der Waals surface area contributed by atoms with E-state index in [2.05, 4.69) is 22.1 Å². The molecule has 92 valence electrons. The average molecular weight is 244 g/mol. The van der Waals surface area contributed by atoms with Gasteiger partial charge >= 0.3 is 5.97 Å². The van der Waals surface area contributed by atoms with Crippen LogP contribution in [0, 0.1) is 0 Å². The molecule has 0 N–H and O–H groups in total. The third kappa shape index (κ3) is 3.00. The Balaban J connectivity index is 2.00. The molecule has 0 aliphatic heterocycles. The monoisotopic (exact) mass is 244 g/mol. The molecule has 1 aromatic heterocycles. The van der Waals surface area contributed by atoms with Gasteiger partial charge in [0.05, 0.1) is 5.69 Å². The zero-order valence-electron chi connectivity index (χ0n) is 9.69. The average Bonchev–Trinajstić information content (AvgIpc) is 2.91. The zero-order valence-corrected chi connectivity index (χ0v) is 9.69. The van der Waals surface area contributed by atoms with Crippen LogP contribution in [-0.2, 0) is 4.79 Å². The molecule has 0 saturated heterocycles. The molecule has 1 aromatic carbocycles. The maximum absolute atomic E-state index is 11.4. The second-order valence-electron chi connectivity index (χ2n) is 3.55. The first kappa shape index (κ1) is 12.0. The van der Waals surface area contributed by atoms with Crippen molar-refractivity contribution in [1.29, 1.82) is 0 Å². The fourth-order valence-corrected chi connectivity index (χ4v) is 1.35. The lowest BCUT2D eigenvalue weighted by Crippen LogP contribution is -2.07. The highest BCUT2D eigenvalue weighted by atomic mass is 16.5. The van der Waals surface area contributed by atoms with Crippen LogP contribution in [0.2, 0.25) is 0 Å². The van der Waals surface area contributed by atoms with Gasteiger partial charge in [-0.1, -0.05) is 6.08 Å². The molecule has 18 heavy (non-hydrogen) atoms. The fourth-order valence-electron chi connectivity index (χ4n) is 1.35. The van der Waals surface area contributed by atoms with E-state index in [1.165, 1.54) is 11.0 Å². The minimum Gasteiger partial charge on any atom is -0.427 e. The minimum absolute atomic E-state index is 0.273. The third-order valence-electron chi connectivity index (χ3n) is 2.23. The van der Waals surface area contributed by atoms with E-state index < -0.39 is 0 Å². The van der Waals surface area contributed by atoms with E-state index in [1.54, 1.807) is 30.3 Å².